The Balaban J connectivity index is 3.05. The lowest BCUT2D eigenvalue weighted by Gasteiger charge is -2.01. The number of rotatable bonds is 1. The summed E-state index contributed by atoms with van der Waals surface area (Å²) >= 11 is 0. The monoisotopic (exact) mass is 164 g/mol. The maximum absolute atomic E-state index is 11.1. The fourth-order valence-corrected chi connectivity index (χ4v) is 0.877. The van der Waals surface area contributed by atoms with Gasteiger partial charge in [0.05, 0.1) is 0 Å². The molecule has 0 atom stereocenters. The van der Waals surface area contributed by atoms with E-state index in [1.165, 1.54) is 0 Å². The van der Waals surface area contributed by atoms with E-state index in [2.05, 4.69) is 10.3 Å². The molecule has 1 aromatic heterocycles. The Labute approximate surface area is 71.8 Å². The molecule has 3 heteroatoms. The highest BCUT2D eigenvalue weighted by Gasteiger charge is 2.04. The number of aromatic nitrogens is 1. The Bertz CT molecular complexity index is 307. The van der Waals surface area contributed by atoms with Crippen LogP contribution in [0.4, 0.5) is 0 Å². The number of amides is 1. The van der Waals surface area contributed by atoms with Crippen LogP contribution in [0.3, 0.4) is 0 Å². The minimum absolute atomic E-state index is 0.141. The lowest BCUT2D eigenvalue weighted by atomic mass is 10.1. The van der Waals surface area contributed by atoms with Crippen molar-refractivity contribution in [2.75, 3.05) is 7.05 Å². The van der Waals surface area contributed by atoms with E-state index < -0.39 is 0 Å². The molecule has 0 aromatic carbocycles. The molecule has 0 aliphatic heterocycles. The summed E-state index contributed by atoms with van der Waals surface area (Å²) in [5, 5.41) is 2.53. The van der Waals surface area contributed by atoms with Gasteiger partial charge in [-0.05, 0) is 31.0 Å². The lowest BCUT2D eigenvalue weighted by Crippen LogP contribution is -2.19. The van der Waals surface area contributed by atoms with Gasteiger partial charge in [-0.1, -0.05) is 0 Å². The summed E-state index contributed by atoms with van der Waals surface area (Å²) in [5.41, 5.74) is 2.66. The first-order chi connectivity index (χ1) is 5.65. The van der Waals surface area contributed by atoms with Gasteiger partial charge >= 0.3 is 0 Å². The van der Waals surface area contributed by atoms with Crippen molar-refractivity contribution in [3.63, 3.8) is 0 Å². The first-order valence-electron chi connectivity index (χ1n) is 3.80. The van der Waals surface area contributed by atoms with Crippen molar-refractivity contribution in [2.45, 2.75) is 13.8 Å². The molecule has 1 N–H and O–H groups in total. The Morgan fingerprint density at radius 2 is 2.08 bits per heavy atom. The normalized spacial score (nSPS) is 9.58. The summed E-state index contributed by atoms with van der Waals surface area (Å²) in [6.07, 6.45) is 1.71. The summed E-state index contributed by atoms with van der Waals surface area (Å²) in [4.78, 5) is 15.1. The summed E-state index contributed by atoms with van der Waals surface area (Å²) < 4.78 is 0. The summed E-state index contributed by atoms with van der Waals surface area (Å²) in [5.74, 6) is -0.141. The fraction of sp³-hybridized carbons (Fsp3) is 0.333. The number of hydrogen-bond donors (Lipinski definition) is 1. The van der Waals surface area contributed by atoms with Crippen LogP contribution in [0.1, 0.15) is 21.6 Å². The number of aryl methyl sites for hydroxylation is 2. The van der Waals surface area contributed by atoms with E-state index in [0.29, 0.717) is 5.69 Å². The van der Waals surface area contributed by atoms with Crippen LogP contribution in [0.2, 0.25) is 0 Å². The topological polar surface area (TPSA) is 42.0 Å². The second-order valence-electron chi connectivity index (χ2n) is 2.73. The summed E-state index contributed by atoms with van der Waals surface area (Å²) in [7, 11) is 1.60. The molecule has 0 aliphatic rings. The standard InChI is InChI=1S/C9H12N2O/c1-6-4-8(9(12)10-3)11-5-7(6)2/h4-5H,1-3H3,(H,10,12). The van der Waals surface area contributed by atoms with E-state index in [1.807, 2.05) is 13.8 Å². The third-order valence-electron chi connectivity index (χ3n) is 1.83. The molecule has 0 unspecified atom stereocenters. The minimum atomic E-state index is -0.141. The van der Waals surface area contributed by atoms with Crippen molar-refractivity contribution in [3.8, 4) is 0 Å². The molecule has 1 aromatic rings. The largest absolute Gasteiger partial charge is 0.354 e. The van der Waals surface area contributed by atoms with Crippen molar-refractivity contribution in [2.24, 2.45) is 0 Å². The Morgan fingerprint density at radius 1 is 1.42 bits per heavy atom. The fourth-order valence-electron chi connectivity index (χ4n) is 0.877. The second kappa shape index (κ2) is 3.34. The smallest absolute Gasteiger partial charge is 0.269 e. The van der Waals surface area contributed by atoms with Gasteiger partial charge in [0.25, 0.3) is 5.91 Å². The minimum Gasteiger partial charge on any atom is -0.354 e. The molecule has 64 valence electrons. The Morgan fingerprint density at radius 3 is 2.58 bits per heavy atom. The quantitative estimate of drug-likeness (QED) is 0.674. The Hall–Kier alpha value is -1.38. The van der Waals surface area contributed by atoms with E-state index in [1.54, 1.807) is 19.3 Å². The molecule has 0 fully saturated rings. The first kappa shape index (κ1) is 8.71. The van der Waals surface area contributed by atoms with Crippen molar-refractivity contribution in [1.29, 1.82) is 0 Å². The molecular weight excluding hydrogens is 152 g/mol. The van der Waals surface area contributed by atoms with Gasteiger partial charge in [0.2, 0.25) is 0 Å². The van der Waals surface area contributed by atoms with Gasteiger partial charge in [0.1, 0.15) is 5.69 Å². The molecule has 0 spiro atoms. The van der Waals surface area contributed by atoms with Crippen LogP contribution in [0.5, 0.6) is 0 Å². The van der Waals surface area contributed by atoms with Crippen LogP contribution in [0, 0.1) is 13.8 Å². The van der Waals surface area contributed by atoms with Crippen LogP contribution >= 0.6 is 0 Å². The van der Waals surface area contributed by atoms with E-state index in [9.17, 15) is 4.79 Å². The zero-order valence-electron chi connectivity index (χ0n) is 7.51. The van der Waals surface area contributed by atoms with Crippen LogP contribution in [-0.4, -0.2) is 17.9 Å². The van der Waals surface area contributed by atoms with Gasteiger partial charge < -0.3 is 5.32 Å². The van der Waals surface area contributed by atoms with Gasteiger partial charge in [0.15, 0.2) is 0 Å². The number of nitrogens with zero attached hydrogens (tertiary/aromatic N) is 1. The van der Waals surface area contributed by atoms with Gasteiger partial charge in [0, 0.05) is 13.2 Å². The number of pyridine rings is 1. The van der Waals surface area contributed by atoms with E-state index in [-0.39, 0.29) is 5.91 Å². The molecular formula is C9H12N2O. The molecule has 1 amide bonds. The summed E-state index contributed by atoms with van der Waals surface area (Å²) in [6.45, 7) is 3.93. The molecule has 0 bridgehead atoms. The molecule has 0 saturated heterocycles. The molecule has 0 saturated carbocycles. The third kappa shape index (κ3) is 1.61. The SMILES string of the molecule is CNC(=O)c1cc(C)c(C)cn1. The molecule has 0 radical (unpaired) electrons. The van der Waals surface area contributed by atoms with Gasteiger partial charge in [-0.3, -0.25) is 9.78 Å². The molecule has 12 heavy (non-hydrogen) atoms. The van der Waals surface area contributed by atoms with Crippen LogP contribution in [-0.2, 0) is 0 Å². The maximum atomic E-state index is 11.1. The van der Waals surface area contributed by atoms with Gasteiger partial charge in [-0.15, -0.1) is 0 Å². The van der Waals surface area contributed by atoms with E-state index >= 15 is 0 Å². The average Bonchev–Trinajstić information content (AvgIpc) is 2.08. The van der Waals surface area contributed by atoms with E-state index in [4.69, 9.17) is 0 Å². The molecule has 1 heterocycles. The van der Waals surface area contributed by atoms with Crippen LogP contribution in [0.25, 0.3) is 0 Å². The highest BCUT2D eigenvalue weighted by molar-refractivity contribution is 5.92. The predicted molar refractivity (Wildman–Crippen MR) is 47.1 cm³/mol. The van der Waals surface area contributed by atoms with Crippen molar-refractivity contribution < 1.29 is 4.79 Å². The maximum Gasteiger partial charge on any atom is 0.269 e. The van der Waals surface area contributed by atoms with Crippen molar-refractivity contribution >= 4 is 5.91 Å². The average molecular weight is 164 g/mol. The number of carbonyl (C=O) groups is 1. The highest BCUT2D eigenvalue weighted by Crippen LogP contribution is 2.05. The number of hydrogen-bond acceptors (Lipinski definition) is 2. The third-order valence-corrected chi connectivity index (χ3v) is 1.83. The molecule has 3 nitrogen and oxygen atoms in total. The first-order valence-corrected chi connectivity index (χ1v) is 3.80. The number of carbonyl (C=O) groups excluding carboxylic acids is 1. The Kier molecular flexibility index (Phi) is 2.43. The molecule has 0 aliphatic carbocycles. The highest BCUT2D eigenvalue weighted by atomic mass is 16.1. The predicted octanol–water partition coefficient (Wildman–Crippen LogP) is 1.06. The number of nitrogens with one attached hydrogen (secondary N) is 1. The van der Waals surface area contributed by atoms with E-state index in [0.717, 1.165) is 11.1 Å². The lowest BCUT2D eigenvalue weighted by molar-refractivity contribution is 0.0958. The summed E-state index contributed by atoms with van der Waals surface area (Å²) in [6, 6.07) is 1.79. The van der Waals surface area contributed by atoms with Crippen LogP contribution < -0.4 is 5.32 Å². The van der Waals surface area contributed by atoms with Gasteiger partial charge in [-0.25, -0.2) is 0 Å². The van der Waals surface area contributed by atoms with Crippen LogP contribution in [0.15, 0.2) is 12.3 Å². The van der Waals surface area contributed by atoms with Crippen molar-refractivity contribution in [3.05, 3.63) is 29.1 Å². The second-order valence-corrected chi connectivity index (χ2v) is 2.73. The van der Waals surface area contributed by atoms with Gasteiger partial charge in [-0.2, -0.15) is 0 Å². The molecule has 1 rings (SSSR count). The van der Waals surface area contributed by atoms with Crippen molar-refractivity contribution in [1.82, 2.24) is 10.3 Å². The zero-order valence-corrected chi connectivity index (χ0v) is 7.51. The zero-order chi connectivity index (χ0) is 9.14.